The average molecular weight is 455 g/mol. The molecule has 0 aromatic heterocycles. The summed E-state index contributed by atoms with van der Waals surface area (Å²) in [5.41, 5.74) is 1.51. The third-order valence-corrected chi connectivity index (χ3v) is 6.44. The molecule has 1 atom stereocenters. The number of hydrogen-bond acceptors (Lipinski definition) is 6. The second kappa shape index (κ2) is 12.4. The first-order valence-electron chi connectivity index (χ1n) is 11.4. The maximum atomic E-state index is 10.3. The van der Waals surface area contributed by atoms with E-state index in [1.165, 1.54) is 0 Å². The van der Waals surface area contributed by atoms with E-state index in [1.807, 2.05) is 30.3 Å². The molecule has 0 amide bonds. The van der Waals surface area contributed by atoms with Crippen molar-refractivity contribution in [2.24, 2.45) is 5.92 Å². The van der Waals surface area contributed by atoms with E-state index in [2.05, 4.69) is 37.9 Å². The molecule has 0 aliphatic heterocycles. The normalized spacial score (nSPS) is 12.8. The van der Waals surface area contributed by atoms with E-state index >= 15 is 0 Å². The van der Waals surface area contributed by atoms with Gasteiger partial charge in [0.1, 0.15) is 0 Å². The molecule has 0 aliphatic rings. The predicted octanol–water partition coefficient (Wildman–Crippen LogP) is 5.09. The summed E-state index contributed by atoms with van der Waals surface area (Å²) in [6.07, 6.45) is 2.54. The Balaban J connectivity index is 2.06. The Hall–Kier alpha value is -2.91. The van der Waals surface area contributed by atoms with Crippen LogP contribution in [0.1, 0.15) is 37.8 Å². The number of nitriles is 1. The first kappa shape index (κ1) is 26.3. The highest BCUT2D eigenvalue weighted by atomic mass is 16.5. The maximum Gasteiger partial charge on any atom is 0.163 e. The van der Waals surface area contributed by atoms with Crippen LogP contribution in [0.25, 0.3) is 0 Å². The Morgan fingerprint density at radius 2 is 1.61 bits per heavy atom. The molecule has 6 nitrogen and oxygen atoms in total. The van der Waals surface area contributed by atoms with Crippen molar-refractivity contribution in [3.05, 3.63) is 47.5 Å². The molecule has 1 unspecified atom stereocenters. The monoisotopic (exact) mass is 454 g/mol. The molecule has 2 aromatic carbocycles. The van der Waals surface area contributed by atoms with Gasteiger partial charge in [-0.25, -0.2) is 0 Å². The lowest BCUT2D eigenvalue weighted by Gasteiger charge is -2.32. The molecule has 6 heteroatoms. The van der Waals surface area contributed by atoms with Gasteiger partial charge in [-0.3, -0.25) is 0 Å². The number of ether oxygens (including phenoxy) is 4. The van der Waals surface area contributed by atoms with E-state index in [1.54, 1.807) is 28.4 Å². The standard InChI is InChI=1S/C27H38N2O4/c1-20(2)27(19-28,22-12-13-23(30-4)25(18-22)32-6)15-9-16-29(3)17-14-21-10-8-11-24(31-5)26(21)33-7/h8,10-13,18,20H,9,14-17H2,1-7H3. The smallest absolute Gasteiger partial charge is 0.163 e. The van der Waals surface area contributed by atoms with Gasteiger partial charge in [0, 0.05) is 6.54 Å². The number of rotatable bonds is 13. The highest BCUT2D eigenvalue weighted by Crippen LogP contribution is 2.40. The minimum absolute atomic E-state index is 0.159. The quantitative estimate of drug-likeness (QED) is 0.420. The van der Waals surface area contributed by atoms with E-state index in [9.17, 15) is 5.26 Å². The summed E-state index contributed by atoms with van der Waals surface area (Å²) in [6.45, 7) is 6.01. The van der Waals surface area contributed by atoms with Gasteiger partial charge >= 0.3 is 0 Å². The Kier molecular flexibility index (Phi) is 9.87. The summed E-state index contributed by atoms with van der Waals surface area (Å²) < 4.78 is 21.8. The number of likely N-dealkylation sites (N-methyl/N-ethyl adjacent to an activating group) is 1. The van der Waals surface area contributed by atoms with Crippen molar-refractivity contribution in [3.63, 3.8) is 0 Å². The summed E-state index contributed by atoms with van der Waals surface area (Å²) in [7, 11) is 8.69. The molecule has 0 saturated carbocycles. The number of nitrogens with zero attached hydrogens (tertiary/aromatic N) is 2. The van der Waals surface area contributed by atoms with Crippen molar-refractivity contribution in [2.75, 3.05) is 48.6 Å². The van der Waals surface area contributed by atoms with Crippen LogP contribution in [0.4, 0.5) is 0 Å². The third kappa shape index (κ3) is 6.11. The highest BCUT2D eigenvalue weighted by Gasteiger charge is 2.36. The Labute approximate surface area is 199 Å². The average Bonchev–Trinajstić information content (AvgIpc) is 2.84. The molecule has 0 N–H and O–H groups in total. The van der Waals surface area contributed by atoms with Crippen molar-refractivity contribution >= 4 is 0 Å². The lowest BCUT2D eigenvalue weighted by molar-refractivity contribution is 0.291. The number of hydrogen-bond donors (Lipinski definition) is 0. The predicted molar refractivity (Wildman–Crippen MR) is 132 cm³/mol. The zero-order chi connectivity index (χ0) is 24.4. The van der Waals surface area contributed by atoms with Gasteiger partial charge in [0.25, 0.3) is 0 Å². The zero-order valence-corrected chi connectivity index (χ0v) is 21.1. The Morgan fingerprint density at radius 1 is 0.909 bits per heavy atom. The fourth-order valence-electron chi connectivity index (χ4n) is 4.33. The summed E-state index contributed by atoms with van der Waals surface area (Å²) in [4.78, 5) is 2.30. The fraction of sp³-hybridized carbons (Fsp3) is 0.519. The van der Waals surface area contributed by atoms with Crippen LogP contribution in [0.15, 0.2) is 36.4 Å². The molecule has 0 aliphatic carbocycles. The van der Waals surface area contributed by atoms with Gasteiger partial charge in [-0.1, -0.05) is 32.0 Å². The zero-order valence-electron chi connectivity index (χ0n) is 21.1. The molecular weight excluding hydrogens is 416 g/mol. The topological polar surface area (TPSA) is 64.0 Å². The van der Waals surface area contributed by atoms with Gasteiger partial charge in [-0.05, 0) is 68.1 Å². The van der Waals surface area contributed by atoms with Crippen molar-refractivity contribution in [1.82, 2.24) is 4.90 Å². The number of para-hydroxylation sites is 1. The first-order valence-corrected chi connectivity index (χ1v) is 11.4. The van der Waals surface area contributed by atoms with Gasteiger partial charge in [-0.15, -0.1) is 0 Å². The summed E-state index contributed by atoms with van der Waals surface area (Å²) >= 11 is 0. The van der Waals surface area contributed by atoms with E-state index in [0.29, 0.717) is 11.5 Å². The Morgan fingerprint density at radius 3 is 2.18 bits per heavy atom. The fourth-order valence-corrected chi connectivity index (χ4v) is 4.33. The van der Waals surface area contributed by atoms with E-state index in [-0.39, 0.29) is 5.92 Å². The summed E-state index contributed by atoms with van der Waals surface area (Å²) in [6, 6.07) is 14.4. The van der Waals surface area contributed by atoms with E-state index in [4.69, 9.17) is 18.9 Å². The van der Waals surface area contributed by atoms with Crippen LogP contribution in [0.2, 0.25) is 0 Å². The lowest BCUT2D eigenvalue weighted by Crippen LogP contribution is -2.32. The van der Waals surface area contributed by atoms with Gasteiger partial charge in [-0.2, -0.15) is 5.26 Å². The largest absolute Gasteiger partial charge is 0.493 e. The first-order chi connectivity index (χ1) is 15.9. The molecule has 0 fully saturated rings. The van der Waals surface area contributed by atoms with E-state index < -0.39 is 5.41 Å². The summed E-state index contributed by atoms with van der Waals surface area (Å²) in [5, 5.41) is 10.3. The molecule has 0 saturated heterocycles. The van der Waals surface area contributed by atoms with Crippen molar-refractivity contribution in [2.45, 2.75) is 38.5 Å². The van der Waals surface area contributed by atoms with Crippen molar-refractivity contribution in [3.8, 4) is 29.1 Å². The van der Waals surface area contributed by atoms with Crippen LogP contribution >= 0.6 is 0 Å². The third-order valence-electron chi connectivity index (χ3n) is 6.44. The van der Waals surface area contributed by atoms with Crippen molar-refractivity contribution < 1.29 is 18.9 Å². The Bertz CT molecular complexity index is 938. The molecule has 180 valence electrons. The second-order valence-corrected chi connectivity index (χ2v) is 8.62. The number of methoxy groups -OCH3 is 4. The van der Waals surface area contributed by atoms with Gasteiger partial charge < -0.3 is 23.8 Å². The van der Waals surface area contributed by atoms with Crippen LogP contribution in [0.3, 0.4) is 0 Å². The van der Waals surface area contributed by atoms with E-state index in [0.717, 1.165) is 55.0 Å². The van der Waals surface area contributed by atoms with Gasteiger partial charge in [0.2, 0.25) is 0 Å². The molecule has 0 bridgehead atoms. The minimum Gasteiger partial charge on any atom is -0.493 e. The molecule has 2 rings (SSSR count). The molecule has 2 aromatic rings. The molecule has 33 heavy (non-hydrogen) atoms. The SMILES string of the molecule is COc1ccc(C(C#N)(CCCN(C)CCc2cccc(OC)c2OC)C(C)C)cc1OC. The highest BCUT2D eigenvalue weighted by molar-refractivity contribution is 5.48. The van der Waals surface area contributed by atoms with Gasteiger partial charge in [0.05, 0.1) is 39.9 Å². The van der Waals surface area contributed by atoms with Crippen LogP contribution in [0.5, 0.6) is 23.0 Å². The van der Waals surface area contributed by atoms with Crippen LogP contribution < -0.4 is 18.9 Å². The minimum atomic E-state index is -0.587. The molecule has 0 spiro atoms. The number of benzene rings is 2. The molecule has 0 radical (unpaired) electrons. The van der Waals surface area contributed by atoms with Crippen LogP contribution in [-0.2, 0) is 11.8 Å². The van der Waals surface area contributed by atoms with Gasteiger partial charge in [0.15, 0.2) is 23.0 Å². The molecular formula is C27H38N2O4. The summed E-state index contributed by atoms with van der Waals surface area (Å²) in [5.74, 6) is 3.03. The van der Waals surface area contributed by atoms with Crippen LogP contribution in [0, 0.1) is 17.2 Å². The second-order valence-electron chi connectivity index (χ2n) is 8.62. The molecule has 0 heterocycles. The van der Waals surface area contributed by atoms with Crippen LogP contribution in [-0.4, -0.2) is 53.5 Å². The maximum absolute atomic E-state index is 10.3. The lowest BCUT2D eigenvalue weighted by atomic mass is 9.69. The van der Waals surface area contributed by atoms with Crippen molar-refractivity contribution in [1.29, 1.82) is 5.26 Å².